The Kier molecular flexibility index (Phi) is 4.48. The summed E-state index contributed by atoms with van der Waals surface area (Å²) in [5.74, 6) is 2.31. The van der Waals surface area contributed by atoms with Gasteiger partial charge in [-0.3, -0.25) is 0 Å². The standard InChI is InChI=1S/C16H22N4S/c1-3-8-17-14-9-13(12-6-4-5-7-12)19-15(20-14)16-18-11(2)10-21-16/h9-10,12H,3-8H2,1-2H3,(H,17,19,20). The summed E-state index contributed by atoms with van der Waals surface area (Å²) in [5.41, 5.74) is 2.22. The van der Waals surface area contributed by atoms with E-state index in [0.29, 0.717) is 5.92 Å². The maximum atomic E-state index is 4.80. The zero-order valence-electron chi connectivity index (χ0n) is 12.7. The van der Waals surface area contributed by atoms with Gasteiger partial charge in [-0.25, -0.2) is 15.0 Å². The molecule has 112 valence electrons. The fourth-order valence-corrected chi connectivity index (χ4v) is 3.52. The van der Waals surface area contributed by atoms with Crippen molar-refractivity contribution in [3.63, 3.8) is 0 Å². The van der Waals surface area contributed by atoms with Gasteiger partial charge in [0.1, 0.15) is 5.82 Å². The predicted octanol–water partition coefficient (Wildman–Crippen LogP) is 4.39. The molecule has 4 nitrogen and oxygen atoms in total. The van der Waals surface area contributed by atoms with Gasteiger partial charge in [-0.05, 0) is 26.2 Å². The quantitative estimate of drug-likeness (QED) is 0.890. The van der Waals surface area contributed by atoms with Crippen molar-refractivity contribution in [2.45, 2.75) is 51.9 Å². The topological polar surface area (TPSA) is 50.7 Å². The fourth-order valence-electron chi connectivity index (χ4n) is 2.79. The summed E-state index contributed by atoms with van der Waals surface area (Å²) in [4.78, 5) is 14.0. The molecule has 1 aliphatic rings. The monoisotopic (exact) mass is 302 g/mol. The van der Waals surface area contributed by atoms with Crippen LogP contribution in [0, 0.1) is 6.92 Å². The first-order valence-electron chi connectivity index (χ1n) is 7.81. The molecular formula is C16H22N4S. The minimum atomic E-state index is 0.593. The summed E-state index contributed by atoms with van der Waals surface area (Å²) < 4.78 is 0. The number of aryl methyl sites for hydroxylation is 1. The SMILES string of the molecule is CCCNc1cc(C2CCCC2)nc(-c2nc(C)cs2)n1. The third kappa shape index (κ3) is 3.40. The Morgan fingerprint density at radius 1 is 1.24 bits per heavy atom. The van der Waals surface area contributed by atoms with Crippen molar-refractivity contribution in [3.8, 4) is 10.8 Å². The molecule has 0 radical (unpaired) electrons. The highest BCUT2D eigenvalue weighted by Crippen LogP contribution is 2.35. The van der Waals surface area contributed by atoms with E-state index in [-0.39, 0.29) is 0 Å². The van der Waals surface area contributed by atoms with E-state index in [1.807, 2.05) is 6.92 Å². The molecule has 3 rings (SSSR count). The zero-order valence-corrected chi connectivity index (χ0v) is 13.5. The predicted molar refractivity (Wildman–Crippen MR) is 87.9 cm³/mol. The Morgan fingerprint density at radius 2 is 2.05 bits per heavy atom. The molecule has 1 saturated carbocycles. The van der Waals surface area contributed by atoms with Crippen molar-refractivity contribution >= 4 is 17.2 Å². The smallest absolute Gasteiger partial charge is 0.190 e. The number of anilines is 1. The Labute approximate surface area is 130 Å². The molecule has 21 heavy (non-hydrogen) atoms. The summed E-state index contributed by atoms with van der Waals surface area (Å²) >= 11 is 1.62. The van der Waals surface area contributed by atoms with Gasteiger partial charge in [0.05, 0.1) is 0 Å². The summed E-state index contributed by atoms with van der Waals surface area (Å²) in [6.45, 7) is 5.12. The van der Waals surface area contributed by atoms with Crippen molar-refractivity contribution in [1.82, 2.24) is 15.0 Å². The van der Waals surface area contributed by atoms with E-state index < -0.39 is 0 Å². The van der Waals surface area contributed by atoms with Gasteiger partial charge in [0.2, 0.25) is 0 Å². The van der Waals surface area contributed by atoms with Crippen LogP contribution in [0.4, 0.5) is 5.82 Å². The van der Waals surface area contributed by atoms with Crippen LogP contribution in [-0.2, 0) is 0 Å². The van der Waals surface area contributed by atoms with Crippen molar-refractivity contribution in [2.75, 3.05) is 11.9 Å². The normalized spacial score (nSPS) is 15.5. The van der Waals surface area contributed by atoms with Gasteiger partial charge in [0, 0.05) is 35.3 Å². The largest absolute Gasteiger partial charge is 0.370 e. The van der Waals surface area contributed by atoms with Crippen molar-refractivity contribution in [1.29, 1.82) is 0 Å². The van der Waals surface area contributed by atoms with Gasteiger partial charge in [0.15, 0.2) is 10.8 Å². The number of nitrogens with zero attached hydrogens (tertiary/aromatic N) is 3. The minimum absolute atomic E-state index is 0.593. The van der Waals surface area contributed by atoms with Crippen LogP contribution in [0.5, 0.6) is 0 Å². The van der Waals surface area contributed by atoms with Gasteiger partial charge in [-0.2, -0.15) is 0 Å². The average Bonchev–Trinajstić information content (AvgIpc) is 3.16. The van der Waals surface area contributed by atoms with Gasteiger partial charge < -0.3 is 5.32 Å². The molecule has 1 N–H and O–H groups in total. The molecule has 1 fully saturated rings. The minimum Gasteiger partial charge on any atom is -0.370 e. The highest BCUT2D eigenvalue weighted by atomic mass is 32.1. The highest BCUT2D eigenvalue weighted by molar-refractivity contribution is 7.13. The van der Waals surface area contributed by atoms with E-state index in [0.717, 1.165) is 35.3 Å². The van der Waals surface area contributed by atoms with Crippen LogP contribution in [-0.4, -0.2) is 21.5 Å². The Morgan fingerprint density at radius 3 is 2.71 bits per heavy atom. The van der Waals surface area contributed by atoms with Crippen molar-refractivity contribution in [2.24, 2.45) is 0 Å². The van der Waals surface area contributed by atoms with E-state index in [9.17, 15) is 0 Å². The lowest BCUT2D eigenvalue weighted by Gasteiger charge is -2.12. The van der Waals surface area contributed by atoms with Crippen LogP contribution >= 0.6 is 11.3 Å². The molecule has 0 aliphatic heterocycles. The number of hydrogen-bond acceptors (Lipinski definition) is 5. The molecule has 2 aromatic heterocycles. The molecule has 5 heteroatoms. The van der Waals surface area contributed by atoms with Gasteiger partial charge in [-0.15, -0.1) is 11.3 Å². The second-order valence-electron chi connectivity index (χ2n) is 5.70. The number of rotatable bonds is 5. The first-order valence-corrected chi connectivity index (χ1v) is 8.69. The summed E-state index contributed by atoms with van der Waals surface area (Å²) in [6, 6.07) is 2.13. The Bertz CT molecular complexity index is 602. The van der Waals surface area contributed by atoms with Crippen LogP contribution < -0.4 is 5.32 Å². The van der Waals surface area contributed by atoms with Crippen LogP contribution in [0.25, 0.3) is 10.8 Å². The number of hydrogen-bond donors (Lipinski definition) is 1. The van der Waals surface area contributed by atoms with Crippen molar-refractivity contribution < 1.29 is 0 Å². The van der Waals surface area contributed by atoms with Gasteiger partial charge >= 0.3 is 0 Å². The molecule has 2 aromatic rings. The lowest BCUT2D eigenvalue weighted by Crippen LogP contribution is -2.07. The van der Waals surface area contributed by atoms with Gasteiger partial charge in [0.25, 0.3) is 0 Å². The Balaban J connectivity index is 1.95. The van der Waals surface area contributed by atoms with E-state index >= 15 is 0 Å². The maximum Gasteiger partial charge on any atom is 0.190 e. The molecule has 0 spiro atoms. The van der Waals surface area contributed by atoms with E-state index in [1.165, 1.54) is 31.4 Å². The molecule has 0 bridgehead atoms. The number of thiazole rings is 1. The molecule has 0 unspecified atom stereocenters. The van der Waals surface area contributed by atoms with Gasteiger partial charge in [-0.1, -0.05) is 19.8 Å². The third-order valence-electron chi connectivity index (χ3n) is 3.89. The zero-order chi connectivity index (χ0) is 14.7. The highest BCUT2D eigenvalue weighted by Gasteiger charge is 2.21. The molecular weight excluding hydrogens is 280 g/mol. The van der Waals surface area contributed by atoms with E-state index in [2.05, 4.69) is 33.7 Å². The molecule has 2 heterocycles. The second-order valence-corrected chi connectivity index (χ2v) is 6.56. The van der Waals surface area contributed by atoms with Crippen LogP contribution in [0.1, 0.15) is 56.3 Å². The molecule has 0 aromatic carbocycles. The van der Waals surface area contributed by atoms with E-state index in [1.54, 1.807) is 11.3 Å². The third-order valence-corrected chi connectivity index (χ3v) is 4.84. The number of aromatic nitrogens is 3. The van der Waals surface area contributed by atoms with Crippen LogP contribution in [0.3, 0.4) is 0 Å². The van der Waals surface area contributed by atoms with Crippen LogP contribution in [0.2, 0.25) is 0 Å². The first kappa shape index (κ1) is 14.4. The maximum absolute atomic E-state index is 4.80. The first-order chi connectivity index (χ1) is 10.3. The lowest BCUT2D eigenvalue weighted by atomic mass is 10.0. The molecule has 0 amide bonds. The summed E-state index contributed by atoms with van der Waals surface area (Å²) in [6.07, 6.45) is 6.23. The molecule has 0 atom stereocenters. The Hall–Kier alpha value is -1.49. The summed E-state index contributed by atoms with van der Waals surface area (Å²) in [7, 11) is 0. The fraction of sp³-hybridized carbons (Fsp3) is 0.562. The second kappa shape index (κ2) is 6.52. The lowest BCUT2D eigenvalue weighted by molar-refractivity contribution is 0.695. The molecule has 0 saturated heterocycles. The number of nitrogens with one attached hydrogen (secondary N) is 1. The van der Waals surface area contributed by atoms with E-state index in [4.69, 9.17) is 4.98 Å². The van der Waals surface area contributed by atoms with Crippen molar-refractivity contribution in [3.05, 3.63) is 22.8 Å². The van der Waals surface area contributed by atoms with Crippen LogP contribution in [0.15, 0.2) is 11.4 Å². The average molecular weight is 302 g/mol. The summed E-state index contributed by atoms with van der Waals surface area (Å²) in [5, 5.41) is 6.38. The molecule has 1 aliphatic carbocycles.